The highest BCUT2D eigenvalue weighted by atomic mass is 15.3. The van der Waals surface area contributed by atoms with Crippen molar-refractivity contribution in [3.05, 3.63) is 181 Å². The van der Waals surface area contributed by atoms with Crippen LogP contribution in [0.3, 0.4) is 0 Å². The standard InChI is InChI=1S/C45H31N7/c1-46-44(31-17-8-3-9-18-31)49-45(48-27-30-15-6-2-7-16-30)32-25-36-35-23-14-24-37-41(35)52-42(36)38(26-32)51(34-21-12-5-13-22-34)40-29-47-28-39(43(40)52)50(37)33-19-10-4-11-20-33/h2-26,28-29H,1,27H2. The normalized spacial score (nSPS) is 13.3. The van der Waals surface area contributed by atoms with Gasteiger partial charge in [0.25, 0.3) is 0 Å². The smallest absolute Gasteiger partial charge is 0.161 e. The van der Waals surface area contributed by atoms with Gasteiger partial charge in [0.2, 0.25) is 0 Å². The van der Waals surface area contributed by atoms with Gasteiger partial charge in [-0.15, -0.1) is 0 Å². The van der Waals surface area contributed by atoms with Crippen molar-refractivity contribution < 1.29 is 0 Å². The van der Waals surface area contributed by atoms with Gasteiger partial charge in [-0.05, 0) is 54.7 Å². The lowest BCUT2D eigenvalue weighted by atomic mass is 10.0. The van der Waals surface area contributed by atoms with E-state index in [1.54, 1.807) is 0 Å². The summed E-state index contributed by atoms with van der Waals surface area (Å²) in [4.78, 5) is 24.3. The SMILES string of the molecule is C=NC(=NC(=NCc1ccccc1)c1cc2c3c(c1)c1cccc4c1n3-c1c(cncc1N2c1ccccc1)N4c1ccccc1)c1ccccc1. The molecule has 2 aliphatic heterocycles. The van der Waals surface area contributed by atoms with Crippen molar-refractivity contribution in [2.75, 3.05) is 9.80 Å². The van der Waals surface area contributed by atoms with Gasteiger partial charge in [-0.25, -0.2) is 9.98 Å². The maximum atomic E-state index is 5.18. The Morgan fingerprint density at radius 1 is 0.538 bits per heavy atom. The maximum Gasteiger partial charge on any atom is 0.161 e. The van der Waals surface area contributed by atoms with Crippen molar-refractivity contribution in [2.45, 2.75) is 6.54 Å². The van der Waals surface area contributed by atoms with Gasteiger partial charge in [-0.2, -0.15) is 0 Å². The fraction of sp³-hybridized carbons (Fsp3) is 0.0222. The zero-order chi connectivity index (χ0) is 34.6. The zero-order valence-electron chi connectivity index (χ0n) is 28.1. The van der Waals surface area contributed by atoms with Crippen molar-refractivity contribution in [1.82, 2.24) is 9.55 Å². The summed E-state index contributed by atoms with van der Waals surface area (Å²) >= 11 is 0. The van der Waals surface area contributed by atoms with Crippen LogP contribution >= 0.6 is 0 Å². The monoisotopic (exact) mass is 669 g/mol. The van der Waals surface area contributed by atoms with E-state index in [1.165, 1.54) is 0 Å². The molecule has 0 saturated carbocycles. The Kier molecular flexibility index (Phi) is 6.89. The summed E-state index contributed by atoms with van der Waals surface area (Å²) in [5.74, 6) is 1.10. The molecule has 4 heterocycles. The highest BCUT2D eigenvalue weighted by molar-refractivity contribution is 6.24. The quantitative estimate of drug-likeness (QED) is 0.131. The van der Waals surface area contributed by atoms with E-state index < -0.39 is 0 Å². The van der Waals surface area contributed by atoms with Gasteiger partial charge in [-0.3, -0.25) is 9.98 Å². The molecular weight excluding hydrogens is 639 g/mol. The highest BCUT2D eigenvalue weighted by Gasteiger charge is 2.37. The van der Waals surface area contributed by atoms with E-state index in [0.717, 1.165) is 78.3 Å². The third-order valence-electron chi connectivity index (χ3n) is 9.84. The highest BCUT2D eigenvalue weighted by Crippen LogP contribution is 2.57. The number of benzene rings is 6. The number of hydrogen-bond acceptors (Lipinski definition) is 4. The lowest BCUT2D eigenvalue weighted by Crippen LogP contribution is -2.25. The van der Waals surface area contributed by atoms with Gasteiger partial charge in [0.1, 0.15) is 0 Å². The van der Waals surface area contributed by atoms with Gasteiger partial charge in [0, 0.05) is 33.3 Å². The molecule has 7 heteroatoms. The molecule has 8 aromatic rings. The molecule has 0 amide bonds. The molecule has 2 aliphatic rings. The topological polar surface area (TPSA) is 61.4 Å². The molecule has 0 unspecified atom stereocenters. The van der Waals surface area contributed by atoms with Crippen LogP contribution < -0.4 is 9.80 Å². The Labute approximate surface area is 300 Å². The first kappa shape index (κ1) is 29.8. The van der Waals surface area contributed by atoms with E-state index in [4.69, 9.17) is 15.0 Å². The van der Waals surface area contributed by atoms with Gasteiger partial charge >= 0.3 is 0 Å². The van der Waals surface area contributed by atoms with Crippen LogP contribution in [-0.4, -0.2) is 27.9 Å². The minimum absolute atomic E-state index is 0.461. The Morgan fingerprint density at radius 3 is 1.79 bits per heavy atom. The second kappa shape index (κ2) is 12.0. The molecule has 0 saturated heterocycles. The minimum atomic E-state index is 0.461. The van der Waals surface area contributed by atoms with Crippen LogP contribution in [0.15, 0.2) is 179 Å². The molecule has 0 radical (unpaired) electrons. The van der Waals surface area contributed by atoms with E-state index in [-0.39, 0.29) is 0 Å². The van der Waals surface area contributed by atoms with Crippen molar-refractivity contribution in [3.63, 3.8) is 0 Å². The second-order valence-electron chi connectivity index (χ2n) is 12.9. The molecule has 0 N–H and O–H groups in total. The number of aromatic nitrogens is 2. The van der Waals surface area contributed by atoms with Crippen LogP contribution in [0, 0.1) is 0 Å². The summed E-state index contributed by atoms with van der Waals surface area (Å²) in [6.07, 6.45) is 3.96. The lowest BCUT2D eigenvalue weighted by Gasteiger charge is -2.39. The van der Waals surface area contributed by atoms with Crippen molar-refractivity contribution in [2.24, 2.45) is 15.0 Å². The van der Waals surface area contributed by atoms with Crippen LogP contribution in [0.5, 0.6) is 0 Å². The minimum Gasteiger partial charge on any atom is -0.305 e. The van der Waals surface area contributed by atoms with E-state index in [1.807, 2.05) is 60.9 Å². The number of pyridine rings is 1. The van der Waals surface area contributed by atoms with Crippen LogP contribution in [0.4, 0.5) is 34.1 Å². The van der Waals surface area contributed by atoms with Gasteiger partial charge in [0.15, 0.2) is 11.7 Å². The average molecular weight is 670 g/mol. The number of nitrogens with zero attached hydrogens (tertiary/aromatic N) is 7. The number of fused-ring (bicyclic) bond motifs is 1. The molecule has 0 fully saturated rings. The van der Waals surface area contributed by atoms with Crippen molar-refractivity contribution in [3.8, 4) is 5.69 Å². The number of aliphatic imine (C=N–C) groups is 3. The van der Waals surface area contributed by atoms with Crippen molar-refractivity contribution in [1.29, 1.82) is 0 Å². The molecule has 52 heavy (non-hydrogen) atoms. The molecule has 0 spiro atoms. The average Bonchev–Trinajstić information content (AvgIpc) is 3.55. The largest absolute Gasteiger partial charge is 0.305 e. The van der Waals surface area contributed by atoms with E-state index in [2.05, 4.69) is 129 Å². The summed E-state index contributed by atoms with van der Waals surface area (Å²) < 4.78 is 2.44. The number of hydrogen-bond donors (Lipinski definition) is 0. The Balaban J connectivity index is 1.30. The Bertz CT molecular complexity index is 2720. The number of amidine groups is 2. The van der Waals surface area contributed by atoms with Gasteiger partial charge < -0.3 is 14.4 Å². The van der Waals surface area contributed by atoms with Crippen LogP contribution in [-0.2, 0) is 6.54 Å². The predicted molar refractivity (Wildman–Crippen MR) is 214 cm³/mol. The molecular formula is C45H31N7. The van der Waals surface area contributed by atoms with Gasteiger partial charge in [0.05, 0.1) is 58.4 Å². The molecule has 10 rings (SSSR count). The summed E-state index contributed by atoms with van der Waals surface area (Å²) in [6, 6.07) is 52.3. The number of rotatable bonds is 6. The fourth-order valence-corrected chi connectivity index (χ4v) is 7.64. The second-order valence-corrected chi connectivity index (χ2v) is 12.9. The molecule has 6 aromatic carbocycles. The lowest BCUT2D eigenvalue weighted by molar-refractivity contribution is 1.05. The molecule has 0 atom stereocenters. The zero-order valence-corrected chi connectivity index (χ0v) is 28.1. The van der Waals surface area contributed by atoms with Gasteiger partial charge in [-0.1, -0.05) is 109 Å². The van der Waals surface area contributed by atoms with Crippen molar-refractivity contribution >= 4 is 74.3 Å². The molecule has 7 nitrogen and oxygen atoms in total. The Morgan fingerprint density at radius 2 is 1.13 bits per heavy atom. The first-order valence-corrected chi connectivity index (χ1v) is 17.3. The first-order chi connectivity index (χ1) is 25.8. The number of anilines is 6. The molecule has 246 valence electrons. The summed E-state index contributed by atoms with van der Waals surface area (Å²) in [6.45, 7) is 4.37. The maximum absolute atomic E-state index is 5.18. The van der Waals surface area contributed by atoms with E-state index >= 15 is 0 Å². The molecule has 0 aliphatic carbocycles. The van der Waals surface area contributed by atoms with Crippen LogP contribution in [0.2, 0.25) is 0 Å². The molecule has 0 bridgehead atoms. The van der Waals surface area contributed by atoms with Crippen LogP contribution in [0.1, 0.15) is 16.7 Å². The third-order valence-corrected chi connectivity index (χ3v) is 9.84. The summed E-state index contributed by atoms with van der Waals surface area (Å²) in [7, 11) is 0. The molecule has 2 aromatic heterocycles. The van der Waals surface area contributed by atoms with E-state index in [0.29, 0.717) is 18.2 Å². The predicted octanol–water partition coefficient (Wildman–Crippen LogP) is 10.8. The van der Waals surface area contributed by atoms with Crippen LogP contribution in [0.25, 0.3) is 27.5 Å². The summed E-state index contributed by atoms with van der Waals surface area (Å²) in [5.41, 5.74) is 12.5. The third kappa shape index (κ3) is 4.60. The van der Waals surface area contributed by atoms with E-state index in [9.17, 15) is 0 Å². The Hall–Kier alpha value is -7.12. The summed E-state index contributed by atoms with van der Waals surface area (Å²) in [5, 5.41) is 2.26. The first-order valence-electron chi connectivity index (χ1n) is 17.3. The number of para-hydroxylation sites is 3. The fourth-order valence-electron chi connectivity index (χ4n) is 7.64.